The second-order valence-corrected chi connectivity index (χ2v) is 5.44. The number of thiazole rings is 1. The minimum Gasteiger partial charge on any atom is -0.394 e. The van der Waals surface area contributed by atoms with Crippen molar-refractivity contribution in [3.05, 3.63) is 23.5 Å². The molecule has 18 heavy (non-hydrogen) atoms. The molecule has 2 aromatic heterocycles. The van der Waals surface area contributed by atoms with Crippen molar-refractivity contribution in [3.8, 4) is 0 Å². The van der Waals surface area contributed by atoms with Crippen molar-refractivity contribution in [1.82, 2.24) is 14.3 Å². The Morgan fingerprint density at radius 3 is 3.28 bits per heavy atom. The van der Waals surface area contributed by atoms with Crippen molar-refractivity contribution < 1.29 is 9.90 Å². The molecule has 1 N–H and O–H groups in total. The van der Waals surface area contributed by atoms with Gasteiger partial charge < -0.3 is 10.0 Å². The highest BCUT2D eigenvalue weighted by molar-refractivity contribution is 7.15. The van der Waals surface area contributed by atoms with Gasteiger partial charge in [-0.15, -0.1) is 11.3 Å². The molecule has 1 saturated heterocycles. The monoisotopic (exact) mass is 265 g/mol. The summed E-state index contributed by atoms with van der Waals surface area (Å²) >= 11 is 1.56. The van der Waals surface area contributed by atoms with Crippen LogP contribution in [0.1, 0.15) is 18.5 Å². The summed E-state index contributed by atoms with van der Waals surface area (Å²) in [5, 5.41) is 11.2. The molecule has 2 aromatic rings. The molecule has 0 saturated carbocycles. The molecule has 0 spiro atoms. The van der Waals surface area contributed by atoms with Crippen molar-refractivity contribution in [2.24, 2.45) is 0 Å². The van der Waals surface area contributed by atoms with E-state index in [1.807, 2.05) is 22.2 Å². The van der Waals surface area contributed by atoms with Crippen molar-refractivity contribution >= 4 is 22.2 Å². The first kappa shape index (κ1) is 11.7. The van der Waals surface area contributed by atoms with Crippen molar-refractivity contribution in [1.29, 1.82) is 0 Å². The number of aliphatic hydroxyl groups is 1. The number of rotatable bonds is 3. The van der Waals surface area contributed by atoms with Crippen LogP contribution < -0.4 is 0 Å². The van der Waals surface area contributed by atoms with Gasteiger partial charge in [-0.05, 0) is 12.8 Å². The number of hydrogen-bond donors (Lipinski definition) is 1. The smallest absolute Gasteiger partial charge is 0.228 e. The number of aromatic nitrogens is 2. The Hall–Kier alpha value is -1.40. The van der Waals surface area contributed by atoms with E-state index in [1.165, 1.54) is 0 Å². The van der Waals surface area contributed by atoms with E-state index in [-0.39, 0.29) is 18.6 Å². The van der Waals surface area contributed by atoms with E-state index < -0.39 is 0 Å². The quantitative estimate of drug-likeness (QED) is 0.898. The van der Waals surface area contributed by atoms with Gasteiger partial charge in [0.15, 0.2) is 4.96 Å². The van der Waals surface area contributed by atoms with Crippen LogP contribution in [0, 0.1) is 0 Å². The van der Waals surface area contributed by atoms with Gasteiger partial charge in [0.25, 0.3) is 0 Å². The van der Waals surface area contributed by atoms with E-state index in [0.717, 1.165) is 30.0 Å². The first-order valence-electron chi connectivity index (χ1n) is 6.09. The molecule has 1 atom stereocenters. The van der Waals surface area contributed by atoms with Gasteiger partial charge in [0.2, 0.25) is 5.91 Å². The third-order valence-corrected chi connectivity index (χ3v) is 4.15. The minimum atomic E-state index is 0.00114. The standard InChI is InChI=1S/C12H15N3O2S/c16-8-10-2-1-3-15(10)11(17)6-9-7-14-4-5-18-12(14)13-9/h4-5,7,10,16H,1-3,6,8H2. The molecule has 5 nitrogen and oxygen atoms in total. The fourth-order valence-electron chi connectivity index (χ4n) is 2.47. The minimum absolute atomic E-state index is 0.00114. The second kappa shape index (κ2) is 4.70. The fourth-order valence-corrected chi connectivity index (χ4v) is 3.19. The molecular weight excluding hydrogens is 250 g/mol. The number of aliphatic hydroxyl groups excluding tert-OH is 1. The molecule has 1 aliphatic rings. The summed E-state index contributed by atoms with van der Waals surface area (Å²) in [7, 11) is 0. The van der Waals surface area contributed by atoms with Crippen LogP contribution in [0.3, 0.4) is 0 Å². The predicted octanol–water partition coefficient (Wildman–Crippen LogP) is 0.922. The van der Waals surface area contributed by atoms with Gasteiger partial charge in [0.05, 0.1) is 24.8 Å². The van der Waals surface area contributed by atoms with E-state index in [4.69, 9.17) is 0 Å². The van der Waals surface area contributed by atoms with E-state index >= 15 is 0 Å². The SMILES string of the molecule is O=C(Cc1cn2ccsc2n1)N1CCCC1CO. The molecule has 0 aromatic carbocycles. The van der Waals surface area contributed by atoms with E-state index in [2.05, 4.69) is 4.98 Å². The van der Waals surface area contributed by atoms with Crippen LogP contribution in [0.2, 0.25) is 0 Å². The van der Waals surface area contributed by atoms with Crippen molar-refractivity contribution in [2.45, 2.75) is 25.3 Å². The summed E-state index contributed by atoms with van der Waals surface area (Å²) in [6, 6.07) is 0.00114. The molecule has 6 heteroatoms. The average molecular weight is 265 g/mol. The van der Waals surface area contributed by atoms with Crippen LogP contribution in [-0.4, -0.2) is 44.5 Å². The Balaban J connectivity index is 1.72. The lowest BCUT2D eigenvalue weighted by atomic mass is 10.2. The van der Waals surface area contributed by atoms with E-state index in [1.54, 1.807) is 16.2 Å². The van der Waals surface area contributed by atoms with E-state index in [0.29, 0.717) is 6.42 Å². The van der Waals surface area contributed by atoms with Crippen LogP contribution in [0.4, 0.5) is 0 Å². The summed E-state index contributed by atoms with van der Waals surface area (Å²) in [5.74, 6) is 0.0669. The van der Waals surface area contributed by atoms with Gasteiger partial charge in [-0.3, -0.25) is 9.20 Å². The predicted molar refractivity (Wildman–Crippen MR) is 68.6 cm³/mol. The third-order valence-electron chi connectivity index (χ3n) is 3.38. The topological polar surface area (TPSA) is 57.8 Å². The average Bonchev–Trinajstić information content (AvgIpc) is 3.02. The summed E-state index contributed by atoms with van der Waals surface area (Å²) < 4.78 is 1.93. The van der Waals surface area contributed by atoms with E-state index in [9.17, 15) is 9.90 Å². The number of carbonyl (C=O) groups is 1. The zero-order chi connectivity index (χ0) is 12.5. The third kappa shape index (κ3) is 2.02. The number of nitrogens with zero attached hydrogens (tertiary/aromatic N) is 3. The maximum absolute atomic E-state index is 12.2. The number of fused-ring (bicyclic) bond motifs is 1. The molecule has 3 heterocycles. The van der Waals surface area contributed by atoms with Crippen LogP contribution in [0.15, 0.2) is 17.8 Å². The summed E-state index contributed by atoms with van der Waals surface area (Å²) in [6.07, 6.45) is 6.04. The number of carbonyl (C=O) groups excluding carboxylic acids is 1. The van der Waals surface area contributed by atoms with Crippen molar-refractivity contribution in [3.63, 3.8) is 0 Å². The lowest BCUT2D eigenvalue weighted by Gasteiger charge is -2.22. The Morgan fingerprint density at radius 1 is 1.61 bits per heavy atom. The zero-order valence-corrected chi connectivity index (χ0v) is 10.8. The molecule has 1 fully saturated rings. The Morgan fingerprint density at radius 2 is 2.50 bits per heavy atom. The van der Waals surface area contributed by atoms with Gasteiger partial charge in [0, 0.05) is 24.3 Å². The Kier molecular flexibility index (Phi) is 3.05. The first-order chi connectivity index (χ1) is 8.78. The normalized spacial score (nSPS) is 19.8. The molecule has 0 aliphatic carbocycles. The summed E-state index contributed by atoms with van der Waals surface area (Å²) in [5.41, 5.74) is 0.801. The van der Waals surface area contributed by atoms with Gasteiger partial charge in [0.1, 0.15) is 0 Å². The number of imidazole rings is 1. The Labute approximate surface area is 109 Å². The molecule has 1 aliphatic heterocycles. The van der Waals surface area contributed by atoms with Crippen LogP contribution in [0.5, 0.6) is 0 Å². The maximum atomic E-state index is 12.2. The molecule has 3 rings (SSSR count). The molecule has 0 bridgehead atoms. The first-order valence-corrected chi connectivity index (χ1v) is 6.97. The van der Waals surface area contributed by atoms with Crippen molar-refractivity contribution in [2.75, 3.05) is 13.2 Å². The van der Waals surface area contributed by atoms with Crippen LogP contribution >= 0.6 is 11.3 Å². The van der Waals surface area contributed by atoms with Crippen LogP contribution in [-0.2, 0) is 11.2 Å². The molecule has 1 amide bonds. The lowest BCUT2D eigenvalue weighted by Crippen LogP contribution is -2.38. The van der Waals surface area contributed by atoms with Gasteiger partial charge in [-0.2, -0.15) is 0 Å². The molecule has 1 unspecified atom stereocenters. The highest BCUT2D eigenvalue weighted by atomic mass is 32.1. The highest BCUT2D eigenvalue weighted by Gasteiger charge is 2.28. The maximum Gasteiger partial charge on any atom is 0.228 e. The lowest BCUT2D eigenvalue weighted by molar-refractivity contribution is -0.132. The zero-order valence-electron chi connectivity index (χ0n) is 9.95. The molecular formula is C12H15N3O2S. The summed E-state index contributed by atoms with van der Waals surface area (Å²) in [6.45, 7) is 0.816. The number of hydrogen-bond acceptors (Lipinski definition) is 4. The number of amides is 1. The molecule has 0 radical (unpaired) electrons. The van der Waals surface area contributed by atoms with Crippen LogP contribution in [0.25, 0.3) is 4.96 Å². The second-order valence-electron chi connectivity index (χ2n) is 4.57. The highest BCUT2D eigenvalue weighted by Crippen LogP contribution is 2.18. The Bertz CT molecular complexity index is 534. The van der Waals surface area contributed by atoms with Gasteiger partial charge in [-0.1, -0.05) is 0 Å². The fraction of sp³-hybridized carbons (Fsp3) is 0.500. The largest absolute Gasteiger partial charge is 0.394 e. The van der Waals surface area contributed by atoms with Gasteiger partial charge in [-0.25, -0.2) is 4.98 Å². The van der Waals surface area contributed by atoms with Gasteiger partial charge >= 0.3 is 0 Å². The molecule has 96 valence electrons. The number of likely N-dealkylation sites (tertiary alicyclic amines) is 1. The summed E-state index contributed by atoms with van der Waals surface area (Å²) in [4.78, 5) is 19.3.